The Morgan fingerprint density at radius 1 is 0.794 bits per heavy atom. The molecule has 182 valence electrons. The summed E-state index contributed by atoms with van der Waals surface area (Å²) in [5, 5.41) is 5.56. The molecule has 1 saturated carbocycles. The summed E-state index contributed by atoms with van der Waals surface area (Å²) in [6, 6.07) is 13.8. The summed E-state index contributed by atoms with van der Waals surface area (Å²) in [5.41, 5.74) is 1.04. The maximum absolute atomic E-state index is 12.4. The Balaban J connectivity index is 1.37. The number of carbonyl (C=O) groups excluding carboxylic acids is 3. The largest absolute Gasteiger partial charge is 0.497 e. The Kier molecular flexibility index (Phi) is 9.31. The minimum Gasteiger partial charge on any atom is -0.497 e. The molecule has 2 aromatic carbocycles. The number of hydrogen-bond donors (Lipinski definition) is 2. The van der Waals surface area contributed by atoms with Crippen LogP contribution in [0.1, 0.15) is 53.3 Å². The average molecular weight is 469 g/mol. The van der Waals surface area contributed by atoms with E-state index >= 15 is 0 Å². The molecule has 2 aromatic rings. The molecule has 8 heteroatoms. The highest BCUT2D eigenvalue weighted by molar-refractivity contribution is 5.95. The molecule has 0 aromatic heterocycles. The molecular weight excluding hydrogens is 436 g/mol. The molecule has 0 radical (unpaired) electrons. The number of esters is 1. The monoisotopic (exact) mass is 468 g/mol. The molecular formula is C26H32N2O6. The van der Waals surface area contributed by atoms with E-state index in [1.807, 2.05) is 6.92 Å². The van der Waals surface area contributed by atoms with E-state index in [1.165, 1.54) is 0 Å². The molecule has 8 nitrogen and oxygen atoms in total. The Labute approximate surface area is 200 Å². The zero-order chi connectivity index (χ0) is 24.3. The zero-order valence-corrected chi connectivity index (χ0v) is 19.7. The van der Waals surface area contributed by atoms with Crippen LogP contribution in [-0.4, -0.2) is 50.7 Å². The third-order valence-corrected chi connectivity index (χ3v) is 5.76. The van der Waals surface area contributed by atoms with Crippen molar-refractivity contribution in [2.75, 3.05) is 26.8 Å². The molecule has 1 aliphatic carbocycles. The SMILES string of the molecule is CCOC(=O)C1CCC(Oc2ccc(C(=O)NCCNC(=O)c3ccc(OC)cc3)cc2)CC1. The lowest BCUT2D eigenvalue weighted by Gasteiger charge is -2.27. The zero-order valence-electron chi connectivity index (χ0n) is 19.7. The second-order valence-corrected chi connectivity index (χ2v) is 8.11. The van der Waals surface area contributed by atoms with Gasteiger partial charge in [-0.3, -0.25) is 14.4 Å². The van der Waals surface area contributed by atoms with Gasteiger partial charge in [0, 0.05) is 24.2 Å². The van der Waals surface area contributed by atoms with Crippen molar-refractivity contribution in [3.05, 3.63) is 59.7 Å². The van der Waals surface area contributed by atoms with Crippen LogP contribution in [0.25, 0.3) is 0 Å². The normalized spacial score (nSPS) is 17.4. The first kappa shape index (κ1) is 25.1. The second-order valence-electron chi connectivity index (χ2n) is 8.11. The van der Waals surface area contributed by atoms with Crippen LogP contribution < -0.4 is 20.1 Å². The van der Waals surface area contributed by atoms with Crippen molar-refractivity contribution in [1.82, 2.24) is 10.6 Å². The van der Waals surface area contributed by atoms with E-state index < -0.39 is 0 Å². The third-order valence-electron chi connectivity index (χ3n) is 5.76. The third kappa shape index (κ3) is 7.23. The lowest BCUT2D eigenvalue weighted by atomic mass is 9.87. The number of rotatable bonds is 10. The van der Waals surface area contributed by atoms with E-state index in [9.17, 15) is 14.4 Å². The Bertz CT molecular complexity index is 950. The van der Waals surface area contributed by atoms with Crippen molar-refractivity contribution in [2.45, 2.75) is 38.7 Å². The van der Waals surface area contributed by atoms with Crippen LogP contribution >= 0.6 is 0 Å². The van der Waals surface area contributed by atoms with Crippen LogP contribution in [-0.2, 0) is 9.53 Å². The number of methoxy groups -OCH3 is 1. The van der Waals surface area contributed by atoms with Gasteiger partial charge in [-0.25, -0.2) is 0 Å². The first-order valence-electron chi connectivity index (χ1n) is 11.6. The molecule has 0 atom stereocenters. The summed E-state index contributed by atoms with van der Waals surface area (Å²) in [6.45, 7) is 2.85. The van der Waals surface area contributed by atoms with E-state index in [4.69, 9.17) is 14.2 Å². The highest BCUT2D eigenvalue weighted by Crippen LogP contribution is 2.28. The van der Waals surface area contributed by atoms with Gasteiger partial charge >= 0.3 is 5.97 Å². The number of nitrogens with one attached hydrogen (secondary N) is 2. The second kappa shape index (κ2) is 12.6. The maximum Gasteiger partial charge on any atom is 0.308 e. The van der Waals surface area contributed by atoms with Crippen LogP contribution in [0, 0.1) is 5.92 Å². The fourth-order valence-corrected chi connectivity index (χ4v) is 3.85. The van der Waals surface area contributed by atoms with Gasteiger partial charge in [0.2, 0.25) is 0 Å². The predicted octanol–water partition coefficient (Wildman–Crippen LogP) is 3.36. The van der Waals surface area contributed by atoms with Crippen molar-refractivity contribution in [3.8, 4) is 11.5 Å². The maximum atomic E-state index is 12.4. The minimum atomic E-state index is -0.222. The smallest absolute Gasteiger partial charge is 0.308 e. The van der Waals surface area contributed by atoms with E-state index in [0.29, 0.717) is 42.3 Å². The molecule has 0 spiro atoms. The number of amides is 2. The summed E-state index contributed by atoms with van der Waals surface area (Å²) < 4.78 is 16.2. The van der Waals surface area contributed by atoms with E-state index in [1.54, 1.807) is 55.6 Å². The lowest BCUT2D eigenvalue weighted by Crippen LogP contribution is -2.34. The van der Waals surface area contributed by atoms with Crippen LogP contribution in [0.2, 0.25) is 0 Å². The van der Waals surface area contributed by atoms with Gasteiger partial charge in [0.05, 0.1) is 25.7 Å². The summed E-state index contributed by atoms with van der Waals surface area (Å²) in [6.07, 6.45) is 3.18. The highest BCUT2D eigenvalue weighted by Gasteiger charge is 2.28. The fraction of sp³-hybridized carbons (Fsp3) is 0.423. The molecule has 34 heavy (non-hydrogen) atoms. The number of carbonyl (C=O) groups is 3. The van der Waals surface area contributed by atoms with Gasteiger partial charge in [0.15, 0.2) is 0 Å². The average Bonchev–Trinajstić information content (AvgIpc) is 2.87. The van der Waals surface area contributed by atoms with Crippen molar-refractivity contribution in [2.24, 2.45) is 5.92 Å². The lowest BCUT2D eigenvalue weighted by molar-refractivity contribution is -0.149. The van der Waals surface area contributed by atoms with Gasteiger partial charge in [-0.1, -0.05) is 0 Å². The summed E-state index contributed by atoms with van der Waals surface area (Å²) in [7, 11) is 1.57. The molecule has 2 N–H and O–H groups in total. The molecule has 0 aliphatic heterocycles. The quantitative estimate of drug-likeness (QED) is 0.410. The van der Waals surface area contributed by atoms with Crippen LogP contribution in [0.5, 0.6) is 11.5 Å². The molecule has 1 aliphatic rings. The van der Waals surface area contributed by atoms with Crippen LogP contribution in [0.3, 0.4) is 0 Å². The molecule has 0 heterocycles. The molecule has 1 fully saturated rings. The Morgan fingerprint density at radius 2 is 1.29 bits per heavy atom. The van der Waals surface area contributed by atoms with E-state index in [2.05, 4.69) is 10.6 Å². The van der Waals surface area contributed by atoms with Crippen molar-refractivity contribution < 1.29 is 28.6 Å². The summed E-state index contributed by atoms with van der Waals surface area (Å²) in [5.74, 6) is 0.794. The number of hydrogen-bond acceptors (Lipinski definition) is 6. The van der Waals surface area contributed by atoms with Crippen molar-refractivity contribution in [3.63, 3.8) is 0 Å². The van der Waals surface area contributed by atoms with Crippen LogP contribution in [0.15, 0.2) is 48.5 Å². The molecule has 0 saturated heterocycles. The van der Waals surface area contributed by atoms with E-state index in [0.717, 1.165) is 25.7 Å². The van der Waals surface area contributed by atoms with E-state index in [-0.39, 0.29) is 29.8 Å². The minimum absolute atomic E-state index is 0.0353. The number of ether oxygens (including phenoxy) is 3. The van der Waals surface area contributed by atoms with Crippen molar-refractivity contribution in [1.29, 1.82) is 0 Å². The summed E-state index contributed by atoms with van der Waals surface area (Å²) >= 11 is 0. The highest BCUT2D eigenvalue weighted by atomic mass is 16.5. The molecule has 2 amide bonds. The summed E-state index contributed by atoms with van der Waals surface area (Å²) in [4.78, 5) is 36.4. The molecule has 0 bridgehead atoms. The first-order valence-corrected chi connectivity index (χ1v) is 11.6. The number of benzene rings is 2. The fourth-order valence-electron chi connectivity index (χ4n) is 3.85. The van der Waals surface area contributed by atoms with Gasteiger partial charge in [-0.2, -0.15) is 0 Å². The van der Waals surface area contributed by atoms with Gasteiger partial charge in [0.25, 0.3) is 11.8 Å². The van der Waals surface area contributed by atoms with Crippen molar-refractivity contribution >= 4 is 17.8 Å². The molecule has 0 unspecified atom stereocenters. The standard InChI is InChI=1S/C26H32N2O6/c1-3-33-26(31)20-8-14-23(15-9-20)34-22-12-6-19(7-13-22)25(30)28-17-16-27-24(29)18-4-10-21(32-2)11-5-18/h4-7,10-13,20,23H,3,8-9,14-17H2,1-2H3,(H,27,29)(H,28,30). The van der Waals surface area contributed by atoms with Gasteiger partial charge in [-0.05, 0) is 81.1 Å². The topological polar surface area (TPSA) is 103 Å². The van der Waals surface area contributed by atoms with Gasteiger partial charge in [-0.15, -0.1) is 0 Å². The Hall–Kier alpha value is -3.55. The Morgan fingerprint density at radius 3 is 1.76 bits per heavy atom. The van der Waals surface area contributed by atoms with Gasteiger partial charge < -0.3 is 24.8 Å². The first-order chi connectivity index (χ1) is 16.5. The van der Waals surface area contributed by atoms with Crippen LogP contribution in [0.4, 0.5) is 0 Å². The van der Waals surface area contributed by atoms with Gasteiger partial charge in [0.1, 0.15) is 11.5 Å². The molecule has 3 rings (SSSR count). The predicted molar refractivity (Wildman–Crippen MR) is 127 cm³/mol.